The van der Waals surface area contributed by atoms with Gasteiger partial charge < -0.3 is 10.2 Å². The lowest BCUT2D eigenvalue weighted by Crippen LogP contribution is -2.46. The molecular formula is C21H24FN5O2. The number of hydrogen-bond donors (Lipinski definition) is 1. The van der Waals surface area contributed by atoms with Crippen LogP contribution in [-0.2, 0) is 11.3 Å². The van der Waals surface area contributed by atoms with Crippen LogP contribution in [0.25, 0.3) is 0 Å². The topological polar surface area (TPSA) is 77.9 Å². The summed E-state index contributed by atoms with van der Waals surface area (Å²) in [4.78, 5) is 34.1. The van der Waals surface area contributed by atoms with Crippen molar-refractivity contribution < 1.29 is 14.0 Å². The van der Waals surface area contributed by atoms with Gasteiger partial charge in [-0.05, 0) is 25.1 Å². The van der Waals surface area contributed by atoms with Gasteiger partial charge in [-0.2, -0.15) is 0 Å². The maximum absolute atomic E-state index is 14.9. The van der Waals surface area contributed by atoms with E-state index in [0.29, 0.717) is 29.8 Å². The highest BCUT2D eigenvalue weighted by atomic mass is 19.1. The van der Waals surface area contributed by atoms with E-state index in [2.05, 4.69) is 25.1 Å². The van der Waals surface area contributed by atoms with Crippen LogP contribution >= 0.6 is 0 Å². The van der Waals surface area contributed by atoms with E-state index in [1.165, 1.54) is 0 Å². The Bertz CT molecular complexity index is 924. The van der Waals surface area contributed by atoms with Crippen molar-refractivity contribution in [2.45, 2.75) is 13.5 Å². The van der Waals surface area contributed by atoms with E-state index in [9.17, 15) is 14.0 Å². The summed E-state index contributed by atoms with van der Waals surface area (Å²) >= 11 is 0. The first kappa shape index (κ1) is 20.6. The van der Waals surface area contributed by atoms with Crippen molar-refractivity contribution in [1.29, 1.82) is 0 Å². The van der Waals surface area contributed by atoms with Gasteiger partial charge in [-0.3, -0.25) is 19.5 Å². The number of carbonyl (C=O) groups is 2. The second-order valence-electron chi connectivity index (χ2n) is 6.82. The van der Waals surface area contributed by atoms with Crippen molar-refractivity contribution in [1.82, 2.24) is 9.88 Å². The molecule has 0 unspecified atom stereocenters. The Balaban J connectivity index is 1.67. The molecule has 0 atom stereocenters. The quantitative estimate of drug-likeness (QED) is 0.572. The van der Waals surface area contributed by atoms with Crippen LogP contribution in [0.3, 0.4) is 0 Å². The number of halogens is 1. The molecule has 1 aromatic carbocycles. The van der Waals surface area contributed by atoms with Gasteiger partial charge in [0.2, 0.25) is 0 Å². The van der Waals surface area contributed by atoms with Crippen molar-refractivity contribution in [3.05, 3.63) is 47.0 Å². The summed E-state index contributed by atoms with van der Waals surface area (Å²) in [5, 5.41) is 2.83. The average Bonchev–Trinajstić information content (AvgIpc) is 2.74. The second kappa shape index (κ2) is 9.38. The number of carbonyl (C=O) groups excluding carboxylic acids is 2. The molecule has 2 heterocycles. The molecule has 152 valence electrons. The molecule has 7 nitrogen and oxygen atoms in total. The van der Waals surface area contributed by atoms with Crippen LogP contribution in [0.2, 0.25) is 0 Å². The number of rotatable bonds is 7. The number of benzene rings is 1. The first-order valence-corrected chi connectivity index (χ1v) is 9.44. The molecule has 1 N–H and O–H groups in total. The number of aromatic nitrogens is 1. The van der Waals surface area contributed by atoms with E-state index in [1.807, 2.05) is 13.0 Å². The molecule has 0 amide bonds. The minimum Gasteiger partial charge on any atom is -0.384 e. The van der Waals surface area contributed by atoms with Crippen LogP contribution in [0.1, 0.15) is 21.7 Å². The predicted molar refractivity (Wildman–Crippen MR) is 112 cm³/mol. The van der Waals surface area contributed by atoms with Crippen LogP contribution in [0.5, 0.6) is 0 Å². The van der Waals surface area contributed by atoms with Gasteiger partial charge in [0.05, 0.1) is 29.0 Å². The highest BCUT2D eigenvalue weighted by molar-refractivity contribution is 6.14. The zero-order chi connectivity index (χ0) is 20.8. The standard InChI is InChI=1S/C21H24FN5O2/c1-15-19(6-4-17(14-29)25-15)27-10-8-26(9-11-27)13-16-3-5-18(24-7-12-28)21(23-2)20(16)22/h3-7,12,14,23H,8-11,13H2,1-2H3. The molecule has 1 aromatic heterocycles. The summed E-state index contributed by atoms with van der Waals surface area (Å²) in [6.45, 7) is 5.56. The molecule has 0 aliphatic carbocycles. The first-order chi connectivity index (χ1) is 14.1. The fourth-order valence-corrected chi connectivity index (χ4v) is 3.55. The first-order valence-electron chi connectivity index (χ1n) is 9.44. The SMILES string of the molecule is CNc1c(N=CC=O)ccc(CN2CCN(c3ccc(C=O)nc3C)CC2)c1F. The minimum absolute atomic E-state index is 0.288. The number of aldehydes is 2. The Kier molecular flexibility index (Phi) is 6.66. The fraction of sp³-hybridized carbons (Fsp3) is 0.333. The Morgan fingerprint density at radius 2 is 1.93 bits per heavy atom. The third kappa shape index (κ3) is 4.65. The van der Waals surface area contributed by atoms with Gasteiger partial charge in [-0.15, -0.1) is 0 Å². The van der Waals surface area contributed by atoms with Gasteiger partial charge in [-0.1, -0.05) is 6.07 Å². The number of hydrogen-bond acceptors (Lipinski definition) is 7. The van der Waals surface area contributed by atoms with Crippen LogP contribution < -0.4 is 10.2 Å². The highest BCUT2D eigenvalue weighted by Crippen LogP contribution is 2.30. The smallest absolute Gasteiger partial charge is 0.168 e. The molecule has 1 aliphatic rings. The van der Waals surface area contributed by atoms with E-state index in [1.54, 1.807) is 25.2 Å². The van der Waals surface area contributed by atoms with Crippen molar-refractivity contribution in [2.75, 3.05) is 43.4 Å². The van der Waals surface area contributed by atoms with E-state index in [-0.39, 0.29) is 11.5 Å². The van der Waals surface area contributed by atoms with Gasteiger partial charge in [0.15, 0.2) is 18.4 Å². The van der Waals surface area contributed by atoms with E-state index in [4.69, 9.17) is 0 Å². The van der Waals surface area contributed by atoms with Crippen molar-refractivity contribution in [3.63, 3.8) is 0 Å². The molecular weight excluding hydrogens is 373 g/mol. The summed E-state index contributed by atoms with van der Waals surface area (Å²) in [5.41, 5.74) is 3.56. The van der Waals surface area contributed by atoms with Crippen LogP contribution in [0, 0.1) is 12.7 Å². The monoisotopic (exact) mass is 397 g/mol. The van der Waals surface area contributed by atoms with Gasteiger partial charge in [0.1, 0.15) is 5.69 Å². The molecule has 0 spiro atoms. The number of pyridine rings is 1. The number of nitrogens with one attached hydrogen (secondary N) is 1. The number of piperazine rings is 1. The average molecular weight is 397 g/mol. The number of aryl methyl sites for hydroxylation is 1. The van der Waals surface area contributed by atoms with Gasteiger partial charge in [0.25, 0.3) is 0 Å². The zero-order valence-electron chi connectivity index (χ0n) is 16.6. The molecule has 3 rings (SSSR count). The molecule has 2 aromatic rings. The lowest BCUT2D eigenvalue weighted by molar-refractivity contribution is -0.102. The third-order valence-electron chi connectivity index (χ3n) is 5.03. The summed E-state index contributed by atoms with van der Waals surface area (Å²) in [5.74, 6) is -0.347. The number of nitrogens with zero attached hydrogens (tertiary/aromatic N) is 4. The summed E-state index contributed by atoms with van der Waals surface area (Å²) in [6.07, 6.45) is 2.42. The largest absolute Gasteiger partial charge is 0.384 e. The van der Waals surface area contributed by atoms with Crippen molar-refractivity contribution in [3.8, 4) is 0 Å². The molecule has 1 saturated heterocycles. The van der Waals surface area contributed by atoms with Gasteiger partial charge in [-0.25, -0.2) is 9.37 Å². The molecule has 8 heteroatoms. The second-order valence-corrected chi connectivity index (χ2v) is 6.82. The summed E-state index contributed by atoms with van der Waals surface area (Å²) in [6, 6.07) is 7.08. The zero-order valence-corrected chi connectivity index (χ0v) is 16.6. The number of aliphatic imine (C=N–C) groups is 1. The maximum Gasteiger partial charge on any atom is 0.168 e. The Morgan fingerprint density at radius 1 is 1.17 bits per heavy atom. The van der Waals surface area contributed by atoms with Crippen LogP contribution in [-0.4, -0.2) is 61.9 Å². The fourth-order valence-electron chi connectivity index (χ4n) is 3.55. The van der Waals surface area contributed by atoms with Gasteiger partial charge in [0, 0.05) is 45.3 Å². The van der Waals surface area contributed by atoms with Gasteiger partial charge >= 0.3 is 0 Å². The Labute approximate surface area is 169 Å². The molecule has 0 radical (unpaired) electrons. The molecule has 1 aliphatic heterocycles. The highest BCUT2D eigenvalue weighted by Gasteiger charge is 2.21. The molecule has 1 fully saturated rings. The molecule has 0 saturated carbocycles. The Morgan fingerprint density at radius 3 is 2.55 bits per heavy atom. The lowest BCUT2D eigenvalue weighted by atomic mass is 10.1. The number of anilines is 2. The third-order valence-corrected chi connectivity index (χ3v) is 5.03. The van der Waals surface area contributed by atoms with E-state index >= 15 is 0 Å². The maximum atomic E-state index is 14.9. The lowest BCUT2D eigenvalue weighted by Gasteiger charge is -2.36. The van der Waals surface area contributed by atoms with Crippen molar-refractivity contribution in [2.24, 2.45) is 4.99 Å². The summed E-state index contributed by atoms with van der Waals surface area (Å²) in [7, 11) is 1.63. The van der Waals surface area contributed by atoms with E-state index < -0.39 is 0 Å². The molecule has 0 bridgehead atoms. The summed E-state index contributed by atoms with van der Waals surface area (Å²) < 4.78 is 14.9. The van der Waals surface area contributed by atoms with Crippen LogP contribution in [0.4, 0.5) is 21.5 Å². The van der Waals surface area contributed by atoms with E-state index in [0.717, 1.165) is 50.1 Å². The van der Waals surface area contributed by atoms with Crippen molar-refractivity contribution >= 4 is 35.8 Å². The molecule has 29 heavy (non-hydrogen) atoms. The predicted octanol–water partition coefficient (Wildman–Crippen LogP) is 2.61. The normalized spacial score (nSPS) is 14.9. The minimum atomic E-state index is -0.347. The van der Waals surface area contributed by atoms with Crippen LogP contribution in [0.15, 0.2) is 29.3 Å². The Hall–Kier alpha value is -3.13.